The summed E-state index contributed by atoms with van der Waals surface area (Å²) in [5, 5.41) is 7.31. The van der Waals surface area contributed by atoms with Gasteiger partial charge in [0.25, 0.3) is 0 Å². The van der Waals surface area contributed by atoms with Gasteiger partial charge < -0.3 is 19.3 Å². The number of benzene rings is 1. The summed E-state index contributed by atoms with van der Waals surface area (Å²) < 4.78 is 15.8. The second kappa shape index (κ2) is 7.40. The minimum atomic E-state index is 0. The van der Waals surface area contributed by atoms with Crippen LogP contribution in [-0.2, 0) is 11.2 Å². The molecule has 1 N–H and O–H groups in total. The molecule has 1 aromatic heterocycles. The molecule has 7 heteroatoms. The Morgan fingerprint density at radius 2 is 2.14 bits per heavy atom. The van der Waals surface area contributed by atoms with Crippen molar-refractivity contribution >= 4 is 12.4 Å². The molecule has 6 nitrogen and oxygen atoms in total. The van der Waals surface area contributed by atoms with E-state index in [1.54, 1.807) is 7.11 Å². The van der Waals surface area contributed by atoms with Crippen LogP contribution in [0.1, 0.15) is 23.3 Å². The van der Waals surface area contributed by atoms with E-state index in [0.717, 1.165) is 24.5 Å². The number of aromatic nitrogens is 2. The number of nitrogens with one attached hydrogen (secondary N) is 1. The zero-order valence-electron chi connectivity index (χ0n) is 11.7. The van der Waals surface area contributed by atoms with Crippen molar-refractivity contribution in [2.45, 2.75) is 12.5 Å². The maximum Gasteiger partial charge on any atom is 0.246 e. The van der Waals surface area contributed by atoms with Crippen molar-refractivity contribution in [1.29, 1.82) is 0 Å². The first-order chi connectivity index (χ1) is 9.85. The van der Waals surface area contributed by atoms with E-state index in [0.29, 0.717) is 24.7 Å². The fraction of sp³-hybridized carbons (Fsp3) is 0.429. The Morgan fingerprint density at radius 3 is 2.81 bits per heavy atom. The predicted molar refractivity (Wildman–Crippen MR) is 78.9 cm³/mol. The lowest BCUT2D eigenvalue weighted by Crippen LogP contribution is -2.34. The van der Waals surface area contributed by atoms with Crippen molar-refractivity contribution in [1.82, 2.24) is 15.5 Å². The summed E-state index contributed by atoms with van der Waals surface area (Å²) in [7, 11) is 1.65. The summed E-state index contributed by atoms with van der Waals surface area (Å²) in [5.74, 6) is 2.11. The molecule has 1 aromatic carbocycles. The Balaban J connectivity index is 0.00000161. The molecule has 0 amide bonds. The minimum absolute atomic E-state index is 0. The predicted octanol–water partition coefficient (Wildman–Crippen LogP) is 1.75. The number of hydrogen-bond acceptors (Lipinski definition) is 6. The zero-order chi connectivity index (χ0) is 13.8. The summed E-state index contributed by atoms with van der Waals surface area (Å²) in [6, 6.07) is 7.84. The van der Waals surface area contributed by atoms with Gasteiger partial charge in [0.05, 0.1) is 20.3 Å². The lowest BCUT2D eigenvalue weighted by atomic mass is 10.1. The number of morpholine rings is 1. The molecule has 21 heavy (non-hydrogen) atoms. The number of nitrogens with zero attached hydrogens (tertiary/aromatic N) is 2. The van der Waals surface area contributed by atoms with Crippen LogP contribution in [0.25, 0.3) is 0 Å². The van der Waals surface area contributed by atoms with Gasteiger partial charge in [-0.2, -0.15) is 4.98 Å². The van der Waals surface area contributed by atoms with Crippen molar-refractivity contribution in [3.63, 3.8) is 0 Å². The highest BCUT2D eigenvalue weighted by Gasteiger charge is 2.21. The molecule has 1 aliphatic heterocycles. The largest absolute Gasteiger partial charge is 0.497 e. The maximum absolute atomic E-state index is 5.39. The zero-order valence-corrected chi connectivity index (χ0v) is 12.6. The molecule has 114 valence electrons. The molecule has 0 spiro atoms. The van der Waals surface area contributed by atoms with Gasteiger partial charge >= 0.3 is 0 Å². The first-order valence-electron chi connectivity index (χ1n) is 6.61. The standard InChI is InChI=1S/C14H17N3O3.ClH/c1-18-11-4-2-10(3-5-11)8-13-16-14(20-17-13)12-9-19-7-6-15-12;/h2-5,12,15H,6-9H2,1H3;1H. The fourth-order valence-electron chi connectivity index (χ4n) is 2.13. The molecule has 1 fully saturated rings. The first kappa shape index (κ1) is 15.8. The SMILES string of the molecule is COc1ccc(Cc2noc(C3COCCN3)n2)cc1.Cl. The summed E-state index contributed by atoms with van der Waals surface area (Å²) in [6.45, 7) is 2.11. The third-order valence-corrected chi connectivity index (χ3v) is 3.22. The molecule has 1 saturated heterocycles. The maximum atomic E-state index is 5.39. The van der Waals surface area contributed by atoms with Crippen LogP contribution in [0, 0.1) is 0 Å². The lowest BCUT2D eigenvalue weighted by Gasteiger charge is -2.20. The molecule has 1 atom stereocenters. The van der Waals surface area contributed by atoms with Gasteiger partial charge in [0.1, 0.15) is 11.8 Å². The van der Waals surface area contributed by atoms with Gasteiger partial charge in [-0.05, 0) is 17.7 Å². The van der Waals surface area contributed by atoms with E-state index in [9.17, 15) is 0 Å². The van der Waals surface area contributed by atoms with Gasteiger partial charge in [-0.15, -0.1) is 12.4 Å². The van der Waals surface area contributed by atoms with Crippen LogP contribution in [0.4, 0.5) is 0 Å². The van der Waals surface area contributed by atoms with Crippen molar-refractivity contribution in [2.24, 2.45) is 0 Å². The van der Waals surface area contributed by atoms with Gasteiger partial charge in [-0.25, -0.2) is 0 Å². The number of hydrogen-bond donors (Lipinski definition) is 1. The molecule has 0 bridgehead atoms. The second-order valence-electron chi connectivity index (χ2n) is 4.66. The molecule has 0 saturated carbocycles. The highest BCUT2D eigenvalue weighted by molar-refractivity contribution is 5.85. The van der Waals surface area contributed by atoms with Crippen LogP contribution >= 0.6 is 12.4 Å². The van der Waals surface area contributed by atoms with Crippen LogP contribution in [0.15, 0.2) is 28.8 Å². The quantitative estimate of drug-likeness (QED) is 0.927. The van der Waals surface area contributed by atoms with E-state index >= 15 is 0 Å². The van der Waals surface area contributed by atoms with Crippen molar-refractivity contribution in [3.8, 4) is 5.75 Å². The van der Waals surface area contributed by atoms with Crippen LogP contribution in [0.5, 0.6) is 5.75 Å². The van der Waals surface area contributed by atoms with E-state index < -0.39 is 0 Å². The van der Waals surface area contributed by atoms with Gasteiger partial charge in [0.2, 0.25) is 5.89 Å². The molecule has 0 radical (unpaired) electrons. The molecular weight excluding hydrogens is 294 g/mol. The molecule has 2 aromatic rings. The van der Waals surface area contributed by atoms with E-state index in [2.05, 4.69) is 15.5 Å². The van der Waals surface area contributed by atoms with E-state index in [1.165, 1.54) is 0 Å². The Kier molecular flexibility index (Phi) is 5.55. The summed E-state index contributed by atoms with van der Waals surface area (Å²) in [5.41, 5.74) is 1.12. The third-order valence-electron chi connectivity index (χ3n) is 3.22. The van der Waals surface area contributed by atoms with E-state index in [1.807, 2.05) is 24.3 Å². The second-order valence-corrected chi connectivity index (χ2v) is 4.66. The van der Waals surface area contributed by atoms with Gasteiger partial charge in [0, 0.05) is 13.0 Å². The Morgan fingerprint density at radius 1 is 1.33 bits per heavy atom. The number of ether oxygens (including phenoxy) is 2. The third kappa shape index (κ3) is 3.93. The van der Waals surface area contributed by atoms with Crippen LogP contribution in [0.2, 0.25) is 0 Å². The summed E-state index contributed by atoms with van der Waals surface area (Å²) in [4.78, 5) is 4.42. The highest BCUT2D eigenvalue weighted by Crippen LogP contribution is 2.16. The average Bonchev–Trinajstić information content (AvgIpc) is 2.97. The summed E-state index contributed by atoms with van der Waals surface area (Å²) in [6.07, 6.45) is 0.640. The molecule has 1 unspecified atom stereocenters. The average molecular weight is 312 g/mol. The minimum Gasteiger partial charge on any atom is -0.497 e. The van der Waals surface area contributed by atoms with Crippen molar-refractivity contribution in [3.05, 3.63) is 41.5 Å². The van der Waals surface area contributed by atoms with Crippen LogP contribution in [0.3, 0.4) is 0 Å². The van der Waals surface area contributed by atoms with Gasteiger partial charge in [-0.1, -0.05) is 17.3 Å². The summed E-state index contributed by atoms with van der Waals surface area (Å²) >= 11 is 0. The monoisotopic (exact) mass is 311 g/mol. The Labute approximate surface area is 129 Å². The van der Waals surface area contributed by atoms with Crippen molar-refractivity contribution < 1.29 is 14.0 Å². The molecule has 1 aliphatic rings. The normalized spacial score (nSPS) is 18.0. The van der Waals surface area contributed by atoms with Gasteiger partial charge in [-0.3, -0.25) is 0 Å². The number of rotatable bonds is 4. The first-order valence-corrected chi connectivity index (χ1v) is 6.61. The molecule has 2 heterocycles. The number of halogens is 1. The Hall–Kier alpha value is -1.63. The highest BCUT2D eigenvalue weighted by atomic mass is 35.5. The van der Waals surface area contributed by atoms with E-state index in [-0.39, 0.29) is 18.4 Å². The number of methoxy groups -OCH3 is 1. The lowest BCUT2D eigenvalue weighted by molar-refractivity contribution is 0.0659. The van der Waals surface area contributed by atoms with Crippen molar-refractivity contribution in [2.75, 3.05) is 26.9 Å². The molecule has 3 rings (SSSR count). The molecule has 0 aliphatic carbocycles. The van der Waals surface area contributed by atoms with Gasteiger partial charge in [0.15, 0.2) is 5.82 Å². The smallest absolute Gasteiger partial charge is 0.246 e. The topological polar surface area (TPSA) is 69.4 Å². The fourth-order valence-corrected chi connectivity index (χ4v) is 2.13. The van der Waals surface area contributed by atoms with E-state index in [4.69, 9.17) is 14.0 Å². The molecular formula is C14H18ClN3O3. The van der Waals surface area contributed by atoms with Crippen LogP contribution < -0.4 is 10.1 Å². The Bertz CT molecular complexity index is 553. The van der Waals surface area contributed by atoms with Crippen LogP contribution in [-0.4, -0.2) is 37.0 Å².